The molecule has 0 bridgehead atoms. The first kappa shape index (κ1) is 26.7. The minimum absolute atomic E-state index is 0.204. The molecule has 14 nitrogen and oxygen atoms in total. The quantitative estimate of drug-likeness (QED) is 0.140. The molecule has 0 aliphatic carbocycles. The SMILES string of the molecule is CC(NC(=O)C(NC(=O)C(N)CCC(=O)O)C(C)O)C(=O)NC(CC(N)=O)C(=O)O. The maximum atomic E-state index is 12.3. The molecule has 30 heavy (non-hydrogen) atoms. The topological polar surface area (TPSA) is 251 Å². The first-order valence-corrected chi connectivity index (χ1v) is 8.83. The van der Waals surface area contributed by atoms with E-state index in [-0.39, 0.29) is 12.8 Å². The zero-order valence-corrected chi connectivity index (χ0v) is 16.5. The Bertz CT molecular complexity index is 682. The summed E-state index contributed by atoms with van der Waals surface area (Å²) in [7, 11) is 0. The Morgan fingerprint density at radius 1 is 0.900 bits per heavy atom. The normalized spacial score (nSPS) is 15.6. The number of primary amides is 1. The van der Waals surface area contributed by atoms with Crippen molar-refractivity contribution in [3.05, 3.63) is 0 Å². The molecule has 5 atom stereocenters. The van der Waals surface area contributed by atoms with Gasteiger partial charge >= 0.3 is 11.9 Å². The van der Waals surface area contributed by atoms with E-state index in [1.54, 1.807) is 0 Å². The lowest BCUT2D eigenvalue weighted by atomic mass is 10.1. The fourth-order valence-corrected chi connectivity index (χ4v) is 2.14. The summed E-state index contributed by atoms with van der Waals surface area (Å²) in [6.45, 7) is 2.39. The number of aliphatic hydroxyl groups excluding tert-OH is 1. The van der Waals surface area contributed by atoms with Gasteiger partial charge < -0.3 is 42.7 Å². The number of nitrogens with two attached hydrogens (primary N) is 2. The first-order chi connectivity index (χ1) is 13.8. The summed E-state index contributed by atoms with van der Waals surface area (Å²) in [6, 6.07) is -5.68. The third-order valence-electron chi connectivity index (χ3n) is 3.84. The van der Waals surface area contributed by atoms with Crippen LogP contribution in [-0.2, 0) is 28.8 Å². The van der Waals surface area contributed by atoms with Gasteiger partial charge in [-0.3, -0.25) is 24.0 Å². The number of nitrogens with one attached hydrogen (secondary N) is 3. The van der Waals surface area contributed by atoms with Crippen molar-refractivity contribution in [2.75, 3.05) is 0 Å². The second-order valence-corrected chi connectivity index (χ2v) is 6.57. The predicted octanol–water partition coefficient (Wildman–Crippen LogP) is -4.01. The molecule has 0 saturated carbocycles. The summed E-state index contributed by atoms with van der Waals surface area (Å²) in [5.74, 6) is -6.46. The van der Waals surface area contributed by atoms with Gasteiger partial charge in [0.2, 0.25) is 23.6 Å². The molecule has 0 heterocycles. The fourth-order valence-electron chi connectivity index (χ4n) is 2.14. The Labute approximate surface area is 171 Å². The Kier molecular flexibility index (Phi) is 11.0. The number of rotatable bonds is 13. The lowest BCUT2D eigenvalue weighted by Gasteiger charge is -2.24. The van der Waals surface area contributed by atoms with Gasteiger partial charge in [0, 0.05) is 6.42 Å². The number of hydrogen-bond acceptors (Lipinski definition) is 8. The van der Waals surface area contributed by atoms with Crippen LogP contribution in [-0.4, -0.2) is 81.2 Å². The van der Waals surface area contributed by atoms with Crippen LogP contribution in [0.3, 0.4) is 0 Å². The van der Waals surface area contributed by atoms with E-state index in [4.69, 9.17) is 21.7 Å². The van der Waals surface area contributed by atoms with Gasteiger partial charge in [-0.2, -0.15) is 0 Å². The largest absolute Gasteiger partial charge is 0.481 e. The number of aliphatic hydroxyl groups is 1. The molecule has 14 heteroatoms. The van der Waals surface area contributed by atoms with E-state index in [0.717, 1.165) is 0 Å². The van der Waals surface area contributed by atoms with Crippen molar-refractivity contribution in [2.24, 2.45) is 11.5 Å². The lowest BCUT2D eigenvalue weighted by Crippen LogP contribution is -2.59. The Morgan fingerprint density at radius 3 is 1.90 bits per heavy atom. The molecule has 0 aromatic rings. The lowest BCUT2D eigenvalue weighted by molar-refractivity contribution is -0.143. The average molecular weight is 433 g/mol. The highest BCUT2D eigenvalue weighted by molar-refractivity contribution is 5.95. The number of aliphatic carboxylic acids is 2. The van der Waals surface area contributed by atoms with Gasteiger partial charge in [-0.1, -0.05) is 0 Å². The smallest absolute Gasteiger partial charge is 0.326 e. The Balaban J connectivity index is 4.98. The second kappa shape index (κ2) is 12.3. The Morgan fingerprint density at radius 2 is 1.47 bits per heavy atom. The van der Waals surface area contributed by atoms with E-state index >= 15 is 0 Å². The van der Waals surface area contributed by atoms with Gasteiger partial charge in [-0.15, -0.1) is 0 Å². The number of carbonyl (C=O) groups is 6. The van der Waals surface area contributed by atoms with Crippen LogP contribution in [0.2, 0.25) is 0 Å². The van der Waals surface area contributed by atoms with Crippen molar-refractivity contribution in [1.29, 1.82) is 0 Å². The third kappa shape index (κ3) is 9.79. The van der Waals surface area contributed by atoms with E-state index in [9.17, 15) is 33.9 Å². The van der Waals surface area contributed by atoms with Crippen LogP contribution in [0.1, 0.15) is 33.1 Å². The highest BCUT2D eigenvalue weighted by atomic mass is 16.4. The second-order valence-electron chi connectivity index (χ2n) is 6.57. The summed E-state index contributed by atoms with van der Waals surface area (Å²) in [6.07, 6.45) is -2.65. The number of carboxylic acid groups (broad SMARTS) is 2. The third-order valence-corrected chi connectivity index (χ3v) is 3.84. The van der Waals surface area contributed by atoms with Crippen molar-refractivity contribution < 1.29 is 44.1 Å². The molecule has 10 N–H and O–H groups in total. The van der Waals surface area contributed by atoms with Crippen LogP contribution in [0, 0.1) is 0 Å². The molecular weight excluding hydrogens is 406 g/mol. The monoisotopic (exact) mass is 433 g/mol. The van der Waals surface area contributed by atoms with Gasteiger partial charge in [0.05, 0.1) is 18.6 Å². The maximum absolute atomic E-state index is 12.3. The number of carbonyl (C=O) groups excluding carboxylic acids is 4. The van der Waals surface area contributed by atoms with Crippen molar-refractivity contribution in [2.45, 2.75) is 63.4 Å². The van der Waals surface area contributed by atoms with E-state index < -0.39 is 72.3 Å². The van der Waals surface area contributed by atoms with Gasteiger partial charge in [0.25, 0.3) is 0 Å². The van der Waals surface area contributed by atoms with Crippen LogP contribution in [0.25, 0.3) is 0 Å². The van der Waals surface area contributed by atoms with Gasteiger partial charge in [0.1, 0.15) is 18.1 Å². The van der Waals surface area contributed by atoms with E-state index in [2.05, 4.69) is 10.6 Å². The Hall–Kier alpha value is -3.26. The number of hydrogen-bond donors (Lipinski definition) is 8. The molecule has 0 fully saturated rings. The zero-order valence-electron chi connectivity index (χ0n) is 16.5. The first-order valence-electron chi connectivity index (χ1n) is 8.83. The summed E-state index contributed by atoms with van der Waals surface area (Å²) in [4.78, 5) is 68.9. The summed E-state index contributed by atoms with van der Waals surface area (Å²) in [5.41, 5.74) is 10.5. The van der Waals surface area contributed by atoms with Crippen LogP contribution in [0.5, 0.6) is 0 Å². The molecule has 0 spiro atoms. The molecular formula is C16H27N5O9. The molecule has 4 amide bonds. The van der Waals surface area contributed by atoms with Crippen molar-refractivity contribution in [3.8, 4) is 0 Å². The standard InChI is InChI=1S/C16H27N5O9/c1-6(13(26)20-9(16(29)30)5-10(18)23)19-15(28)12(7(2)22)21-14(27)8(17)3-4-11(24)25/h6-9,12,22H,3-5,17H2,1-2H3,(H2,18,23)(H,19,28)(H,20,26)(H,21,27)(H,24,25)(H,29,30). The maximum Gasteiger partial charge on any atom is 0.326 e. The summed E-state index contributed by atoms with van der Waals surface area (Å²) in [5, 5.41) is 33.7. The fraction of sp³-hybridized carbons (Fsp3) is 0.625. The molecule has 0 rings (SSSR count). The molecule has 0 radical (unpaired) electrons. The number of carboxylic acids is 2. The van der Waals surface area contributed by atoms with Crippen LogP contribution < -0.4 is 27.4 Å². The molecule has 0 aromatic heterocycles. The van der Waals surface area contributed by atoms with Crippen molar-refractivity contribution >= 4 is 35.6 Å². The highest BCUT2D eigenvalue weighted by Gasteiger charge is 2.31. The zero-order chi connectivity index (χ0) is 23.6. The van der Waals surface area contributed by atoms with Gasteiger partial charge in [0.15, 0.2) is 0 Å². The highest BCUT2D eigenvalue weighted by Crippen LogP contribution is 2.00. The van der Waals surface area contributed by atoms with Crippen molar-refractivity contribution in [1.82, 2.24) is 16.0 Å². The minimum atomic E-state index is -1.60. The minimum Gasteiger partial charge on any atom is -0.481 e. The molecule has 0 saturated heterocycles. The summed E-state index contributed by atoms with van der Waals surface area (Å²) >= 11 is 0. The van der Waals surface area contributed by atoms with E-state index in [1.165, 1.54) is 13.8 Å². The summed E-state index contributed by atoms with van der Waals surface area (Å²) < 4.78 is 0. The molecule has 5 unspecified atom stereocenters. The van der Waals surface area contributed by atoms with Crippen molar-refractivity contribution in [3.63, 3.8) is 0 Å². The van der Waals surface area contributed by atoms with E-state index in [0.29, 0.717) is 0 Å². The molecule has 0 aliphatic heterocycles. The number of amides is 4. The molecule has 0 aromatic carbocycles. The van der Waals surface area contributed by atoms with Crippen LogP contribution in [0.4, 0.5) is 0 Å². The predicted molar refractivity (Wildman–Crippen MR) is 99.4 cm³/mol. The van der Waals surface area contributed by atoms with E-state index in [1.807, 2.05) is 5.32 Å². The van der Waals surface area contributed by atoms with Crippen LogP contribution >= 0.6 is 0 Å². The van der Waals surface area contributed by atoms with Crippen LogP contribution in [0.15, 0.2) is 0 Å². The molecule has 170 valence electrons. The average Bonchev–Trinajstić information content (AvgIpc) is 2.61. The molecule has 0 aliphatic rings. The van der Waals surface area contributed by atoms with Gasteiger partial charge in [-0.05, 0) is 20.3 Å². The van der Waals surface area contributed by atoms with Gasteiger partial charge in [-0.25, -0.2) is 4.79 Å².